The van der Waals surface area contributed by atoms with Gasteiger partial charge >= 0.3 is 17.1 Å². The highest BCUT2D eigenvalue weighted by atomic mass is 16.2. The van der Waals surface area contributed by atoms with Gasteiger partial charge in [-0.25, -0.2) is 42.1 Å². The standard InChI is InChI=1S/C22H32N12O3/c1-14(2)32-11-16(23-26-32)8-29-19(35)30(9-17-12-33(15(3)4)27-24-17)21(37)31(20(29)36)10-18-13-34(28-25-18)22(5,6)7/h11-15H,8-10H2,1-7H3. The van der Waals surface area contributed by atoms with E-state index < -0.39 is 17.1 Å². The van der Waals surface area contributed by atoms with Crippen LogP contribution in [0.25, 0.3) is 0 Å². The van der Waals surface area contributed by atoms with Crippen LogP contribution in [0.2, 0.25) is 0 Å². The van der Waals surface area contributed by atoms with Gasteiger partial charge < -0.3 is 0 Å². The van der Waals surface area contributed by atoms with Crippen molar-refractivity contribution in [2.24, 2.45) is 0 Å². The Labute approximate surface area is 212 Å². The minimum absolute atomic E-state index is 0.0533. The van der Waals surface area contributed by atoms with Crippen molar-refractivity contribution >= 4 is 0 Å². The Hall–Kier alpha value is -4.17. The number of hydrogen-bond donors (Lipinski definition) is 0. The van der Waals surface area contributed by atoms with Gasteiger partial charge in [0.05, 0.1) is 43.8 Å². The van der Waals surface area contributed by atoms with Crippen molar-refractivity contribution in [1.82, 2.24) is 58.7 Å². The van der Waals surface area contributed by atoms with E-state index >= 15 is 0 Å². The van der Waals surface area contributed by atoms with Gasteiger partial charge in [0, 0.05) is 12.1 Å². The van der Waals surface area contributed by atoms with Crippen LogP contribution >= 0.6 is 0 Å². The Morgan fingerprint density at radius 1 is 0.622 bits per heavy atom. The molecule has 0 aliphatic carbocycles. The SMILES string of the molecule is CC(C)n1cc(Cn2c(=O)n(Cc3cn(C(C)C)nn3)c(=O)n(Cc3cn(C(C)(C)C)nn3)c2=O)nn1. The molecule has 0 N–H and O–H groups in total. The van der Waals surface area contributed by atoms with Crippen LogP contribution in [0.5, 0.6) is 0 Å². The molecule has 4 aromatic rings. The maximum atomic E-state index is 13.4. The van der Waals surface area contributed by atoms with Gasteiger partial charge in [-0.2, -0.15) is 0 Å². The van der Waals surface area contributed by atoms with Crippen molar-refractivity contribution in [2.45, 2.75) is 85.7 Å². The molecule has 0 unspecified atom stereocenters. The van der Waals surface area contributed by atoms with E-state index in [-0.39, 0.29) is 37.3 Å². The summed E-state index contributed by atoms with van der Waals surface area (Å²) in [5, 5.41) is 24.5. The highest BCUT2D eigenvalue weighted by Crippen LogP contribution is 2.12. The van der Waals surface area contributed by atoms with E-state index in [0.717, 1.165) is 13.7 Å². The highest BCUT2D eigenvalue weighted by molar-refractivity contribution is 5.01. The first-order valence-electron chi connectivity index (χ1n) is 12.0. The van der Waals surface area contributed by atoms with Gasteiger partial charge in [0.1, 0.15) is 17.1 Å². The average molecular weight is 513 g/mol. The van der Waals surface area contributed by atoms with Crippen molar-refractivity contribution in [3.8, 4) is 0 Å². The van der Waals surface area contributed by atoms with Crippen LogP contribution in [0.4, 0.5) is 0 Å². The molecule has 0 radical (unpaired) electrons. The van der Waals surface area contributed by atoms with Gasteiger partial charge in [-0.05, 0) is 48.5 Å². The molecule has 4 heterocycles. The fourth-order valence-electron chi connectivity index (χ4n) is 3.55. The summed E-state index contributed by atoms with van der Waals surface area (Å²) in [6.45, 7) is 13.2. The molecule has 0 aliphatic heterocycles. The fourth-order valence-corrected chi connectivity index (χ4v) is 3.55. The van der Waals surface area contributed by atoms with Gasteiger partial charge in [0.15, 0.2) is 0 Å². The van der Waals surface area contributed by atoms with Gasteiger partial charge in [0.2, 0.25) is 0 Å². The molecule has 0 fully saturated rings. The van der Waals surface area contributed by atoms with Crippen LogP contribution in [-0.4, -0.2) is 58.7 Å². The van der Waals surface area contributed by atoms with E-state index in [4.69, 9.17) is 0 Å². The van der Waals surface area contributed by atoms with Crippen LogP contribution in [0.1, 0.15) is 77.6 Å². The second-order valence-electron chi connectivity index (χ2n) is 10.5. The molecule has 0 spiro atoms. The van der Waals surface area contributed by atoms with Crippen LogP contribution < -0.4 is 17.1 Å². The quantitative estimate of drug-likeness (QED) is 0.317. The number of rotatable bonds is 8. The third kappa shape index (κ3) is 5.34. The molecule has 37 heavy (non-hydrogen) atoms. The summed E-state index contributed by atoms with van der Waals surface area (Å²) in [7, 11) is 0. The van der Waals surface area contributed by atoms with E-state index in [9.17, 15) is 14.4 Å². The van der Waals surface area contributed by atoms with Crippen molar-refractivity contribution in [2.75, 3.05) is 0 Å². The summed E-state index contributed by atoms with van der Waals surface area (Å²) in [5.74, 6) is 0. The lowest BCUT2D eigenvalue weighted by atomic mass is 10.1. The predicted octanol–water partition coefficient (Wildman–Crippen LogP) is 0.00790. The second kappa shape index (κ2) is 9.71. The predicted molar refractivity (Wildman–Crippen MR) is 132 cm³/mol. The molecular weight excluding hydrogens is 480 g/mol. The summed E-state index contributed by atoms with van der Waals surface area (Å²) in [5.41, 5.74) is -1.43. The first-order chi connectivity index (χ1) is 17.3. The van der Waals surface area contributed by atoms with Crippen LogP contribution in [0.3, 0.4) is 0 Å². The van der Waals surface area contributed by atoms with E-state index in [1.54, 1.807) is 32.6 Å². The lowest BCUT2D eigenvalue weighted by Crippen LogP contribution is -2.55. The zero-order chi connectivity index (χ0) is 27.1. The molecule has 4 aromatic heterocycles. The largest absolute Gasteiger partial charge is 0.337 e. The van der Waals surface area contributed by atoms with Crippen molar-refractivity contribution in [3.05, 3.63) is 67.1 Å². The number of nitrogens with zero attached hydrogens (tertiary/aromatic N) is 12. The third-order valence-electron chi connectivity index (χ3n) is 5.75. The van der Waals surface area contributed by atoms with Gasteiger partial charge in [-0.1, -0.05) is 15.6 Å². The lowest BCUT2D eigenvalue weighted by molar-refractivity contribution is 0.346. The minimum atomic E-state index is -0.776. The smallest absolute Gasteiger partial charge is 0.250 e. The molecule has 0 aromatic carbocycles. The molecule has 15 nitrogen and oxygen atoms in total. The van der Waals surface area contributed by atoms with E-state index in [2.05, 4.69) is 30.9 Å². The number of aromatic nitrogens is 12. The topological polar surface area (TPSA) is 158 Å². The molecule has 15 heteroatoms. The van der Waals surface area contributed by atoms with E-state index in [1.807, 2.05) is 48.5 Å². The minimum Gasteiger partial charge on any atom is -0.250 e. The summed E-state index contributed by atoms with van der Waals surface area (Å²) in [6.07, 6.45) is 5.01. The third-order valence-corrected chi connectivity index (χ3v) is 5.75. The zero-order valence-electron chi connectivity index (χ0n) is 22.1. The Balaban J connectivity index is 1.81. The molecule has 0 saturated carbocycles. The molecule has 198 valence electrons. The lowest BCUT2D eigenvalue weighted by Gasteiger charge is -2.17. The average Bonchev–Trinajstić information content (AvgIpc) is 3.57. The number of hydrogen-bond acceptors (Lipinski definition) is 9. The Morgan fingerprint density at radius 2 is 0.973 bits per heavy atom. The molecular formula is C22H32N12O3. The molecule has 0 atom stereocenters. The van der Waals surface area contributed by atoms with E-state index in [0.29, 0.717) is 17.1 Å². The zero-order valence-corrected chi connectivity index (χ0v) is 22.1. The summed E-state index contributed by atoms with van der Waals surface area (Å²) < 4.78 is 7.82. The Kier molecular flexibility index (Phi) is 6.80. The summed E-state index contributed by atoms with van der Waals surface area (Å²) >= 11 is 0. The molecule has 0 bridgehead atoms. The molecule has 0 amide bonds. The fraction of sp³-hybridized carbons (Fsp3) is 0.591. The molecule has 0 saturated heterocycles. The first-order valence-corrected chi connectivity index (χ1v) is 12.0. The van der Waals surface area contributed by atoms with Crippen molar-refractivity contribution in [1.29, 1.82) is 0 Å². The maximum Gasteiger partial charge on any atom is 0.337 e. The normalized spacial score (nSPS) is 12.2. The summed E-state index contributed by atoms with van der Waals surface area (Å²) in [6, 6.07) is 0.107. The second-order valence-corrected chi connectivity index (χ2v) is 10.5. The Bertz CT molecular complexity index is 1480. The maximum absolute atomic E-state index is 13.4. The highest BCUT2D eigenvalue weighted by Gasteiger charge is 2.21. The molecule has 4 rings (SSSR count). The van der Waals surface area contributed by atoms with Crippen molar-refractivity contribution < 1.29 is 0 Å². The van der Waals surface area contributed by atoms with Crippen molar-refractivity contribution in [3.63, 3.8) is 0 Å². The van der Waals surface area contributed by atoms with Crippen LogP contribution in [-0.2, 0) is 25.2 Å². The van der Waals surface area contributed by atoms with Gasteiger partial charge in [0.25, 0.3) is 0 Å². The monoisotopic (exact) mass is 512 g/mol. The Morgan fingerprint density at radius 3 is 1.27 bits per heavy atom. The van der Waals surface area contributed by atoms with Gasteiger partial charge in [-0.15, -0.1) is 15.3 Å². The van der Waals surface area contributed by atoms with E-state index in [1.165, 1.54) is 0 Å². The molecule has 0 aliphatic rings. The van der Waals surface area contributed by atoms with Gasteiger partial charge in [-0.3, -0.25) is 0 Å². The van der Waals surface area contributed by atoms with Crippen LogP contribution in [0, 0.1) is 0 Å². The first kappa shape index (κ1) is 25.9. The van der Waals surface area contributed by atoms with Crippen LogP contribution in [0.15, 0.2) is 33.0 Å². The summed E-state index contributed by atoms with van der Waals surface area (Å²) in [4.78, 5) is 40.3.